The second kappa shape index (κ2) is 9.12. The topological polar surface area (TPSA) is 90.5 Å². The molecule has 0 unspecified atom stereocenters. The third kappa shape index (κ3) is 5.22. The molecule has 1 aromatic rings. The molecule has 1 saturated heterocycles. The van der Waals surface area contributed by atoms with Gasteiger partial charge in [-0.2, -0.15) is 0 Å². The van der Waals surface area contributed by atoms with Gasteiger partial charge in [-0.1, -0.05) is 19.1 Å². The molecule has 1 aliphatic heterocycles. The number of hydrogen-bond donors (Lipinski definition) is 3. The van der Waals surface area contributed by atoms with Gasteiger partial charge in [-0.05, 0) is 24.2 Å². The molecule has 7 nitrogen and oxygen atoms in total. The van der Waals surface area contributed by atoms with Crippen LogP contribution in [0.4, 0.5) is 4.79 Å². The lowest BCUT2D eigenvalue weighted by Crippen LogP contribution is -2.32. The molecule has 1 heterocycles. The summed E-state index contributed by atoms with van der Waals surface area (Å²) in [6.45, 7) is 4.32. The van der Waals surface area contributed by atoms with E-state index in [0.29, 0.717) is 18.7 Å². The minimum Gasteiger partial charge on any atom is -0.351 e. The number of nitrogens with one attached hydrogen (secondary N) is 3. The summed E-state index contributed by atoms with van der Waals surface area (Å²) in [4.78, 5) is 36.3. The van der Waals surface area contributed by atoms with Gasteiger partial charge < -0.3 is 16.0 Å². The van der Waals surface area contributed by atoms with E-state index in [4.69, 9.17) is 0 Å². The van der Waals surface area contributed by atoms with Crippen LogP contribution in [0.25, 0.3) is 0 Å². The first-order chi connectivity index (χ1) is 10.6. The molecular weight excluding hydrogens is 320 g/mol. The van der Waals surface area contributed by atoms with Crippen LogP contribution in [0, 0.1) is 0 Å². The van der Waals surface area contributed by atoms with Crippen molar-refractivity contribution in [3.63, 3.8) is 0 Å². The Bertz CT molecular complexity index is 564. The third-order valence-electron chi connectivity index (χ3n) is 3.30. The Hall–Kier alpha value is -2.12. The normalized spacial score (nSPS) is 13.5. The Kier molecular flexibility index (Phi) is 7.50. The highest BCUT2D eigenvalue weighted by atomic mass is 35.5. The standard InChI is InChI=1S/C15H20N4O3.ClH/c1-2-16-6-7-17-14(21)12-5-3-4-11(8-12)10-19-13(20)9-18-15(19)22;/h3-5,8,16H,2,6-7,9-10H2,1H3,(H,17,21)(H,18,22);1H. The van der Waals surface area contributed by atoms with Gasteiger partial charge in [0, 0.05) is 18.7 Å². The molecule has 2 rings (SSSR count). The number of imide groups is 1. The maximum absolute atomic E-state index is 12.0. The molecule has 0 radical (unpaired) electrons. The van der Waals surface area contributed by atoms with Crippen LogP contribution in [0.2, 0.25) is 0 Å². The minimum atomic E-state index is -0.398. The van der Waals surface area contributed by atoms with E-state index in [9.17, 15) is 14.4 Å². The lowest BCUT2D eigenvalue weighted by molar-refractivity contribution is -0.125. The van der Waals surface area contributed by atoms with Crippen LogP contribution in [0.1, 0.15) is 22.8 Å². The maximum Gasteiger partial charge on any atom is 0.324 e. The van der Waals surface area contributed by atoms with E-state index in [1.807, 2.05) is 6.92 Å². The molecule has 0 aliphatic carbocycles. The van der Waals surface area contributed by atoms with Gasteiger partial charge in [0.2, 0.25) is 5.91 Å². The number of hydrogen-bond acceptors (Lipinski definition) is 4. The summed E-state index contributed by atoms with van der Waals surface area (Å²) in [5, 5.41) is 8.40. The number of nitrogens with zero attached hydrogens (tertiary/aromatic N) is 1. The zero-order valence-corrected chi connectivity index (χ0v) is 13.7. The molecule has 0 bridgehead atoms. The zero-order valence-electron chi connectivity index (χ0n) is 12.9. The monoisotopic (exact) mass is 340 g/mol. The van der Waals surface area contributed by atoms with Gasteiger partial charge in [0.1, 0.15) is 0 Å². The van der Waals surface area contributed by atoms with E-state index < -0.39 is 6.03 Å². The second-order valence-corrected chi connectivity index (χ2v) is 4.95. The second-order valence-electron chi connectivity index (χ2n) is 4.95. The smallest absolute Gasteiger partial charge is 0.324 e. The van der Waals surface area contributed by atoms with Crippen molar-refractivity contribution in [1.82, 2.24) is 20.9 Å². The fraction of sp³-hybridized carbons (Fsp3) is 0.400. The summed E-state index contributed by atoms with van der Waals surface area (Å²) in [5.41, 5.74) is 1.26. The highest BCUT2D eigenvalue weighted by Crippen LogP contribution is 2.11. The fourth-order valence-corrected chi connectivity index (χ4v) is 2.15. The van der Waals surface area contributed by atoms with Crippen molar-refractivity contribution in [3.8, 4) is 0 Å². The van der Waals surface area contributed by atoms with E-state index in [1.54, 1.807) is 24.3 Å². The van der Waals surface area contributed by atoms with Crippen LogP contribution in [0.3, 0.4) is 0 Å². The zero-order chi connectivity index (χ0) is 15.9. The number of rotatable bonds is 7. The number of benzene rings is 1. The van der Waals surface area contributed by atoms with E-state index in [2.05, 4.69) is 16.0 Å². The Balaban J connectivity index is 0.00000264. The van der Waals surface area contributed by atoms with Gasteiger partial charge in [0.25, 0.3) is 5.91 Å². The number of urea groups is 1. The number of halogens is 1. The van der Waals surface area contributed by atoms with Gasteiger partial charge in [0.05, 0.1) is 13.1 Å². The first-order valence-corrected chi connectivity index (χ1v) is 7.28. The highest BCUT2D eigenvalue weighted by molar-refractivity contribution is 6.02. The third-order valence-corrected chi connectivity index (χ3v) is 3.30. The van der Waals surface area contributed by atoms with Crippen LogP contribution in [0.5, 0.6) is 0 Å². The number of likely N-dealkylation sites (N-methyl/N-ethyl adjacent to an activating group) is 1. The fourth-order valence-electron chi connectivity index (χ4n) is 2.15. The summed E-state index contributed by atoms with van der Waals surface area (Å²) in [6, 6.07) is 6.53. The number of amides is 4. The Morgan fingerprint density at radius 2 is 2.09 bits per heavy atom. The van der Waals surface area contributed by atoms with Gasteiger partial charge in [-0.25, -0.2) is 4.79 Å². The first kappa shape index (κ1) is 18.9. The van der Waals surface area contributed by atoms with Crippen molar-refractivity contribution < 1.29 is 14.4 Å². The lowest BCUT2D eigenvalue weighted by Gasteiger charge is -2.13. The summed E-state index contributed by atoms with van der Waals surface area (Å²) in [7, 11) is 0. The average Bonchev–Trinajstić information content (AvgIpc) is 2.83. The molecule has 0 saturated carbocycles. The SMILES string of the molecule is CCNCCNC(=O)c1cccc(CN2C(=O)CNC2=O)c1.Cl. The average molecular weight is 341 g/mol. The van der Waals surface area contributed by atoms with Gasteiger partial charge in [-0.15, -0.1) is 12.4 Å². The molecule has 126 valence electrons. The van der Waals surface area contributed by atoms with Gasteiger partial charge >= 0.3 is 6.03 Å². The van der Waals surface area contributed by atoms with Crippen LogP contribution < -0.4 is 16.0 Å². The van der Waals surface area contributed by atoms with Crippen molar-refractivity contribution in [1.29, 1.82) is 0 Å². The molecule has 0 aromatic heterocycles. The summed E-state index contributed by atoms with van der Waals surface area (Å²) in [6.07, 6.45) is 0. The van der Waals surface area contributed by atoms with Crippen LogP contribution >= 0.6 is 12.4 Å². The Morgan fingerprint density at radius 1 is 1.30 bits per heavy atom. The molecule has 1 aliphatic rings. The van der Waals surface area contributed by atoms with Crippen molar-refractivity contribution in [3.05, 3.63) is 35.4 Å². The summed E-state index contributed by atoms with van der Waals surface area (Å²) in [5.74, 6) is -0.428. The molecule has 23 heavy (non-hydrogen) atoms. The molecular formula is C15H21ClN4O3. The Morgan fingerprint density at radius 3 is 2.74 bits per heavy atom. The molecule has 1 aromatic carbocycles. The van der Waals surface area contributed by atoms with Gasteiger partial charge in [-0.3, -0.25) is 14.5 Å². The maximum atomic E-state index is 12.0. The number of carbonyl (C=O) groups is 3. The van der Waals surface area contributed by atoms with Crippen molar-refractivity contribution in [2.24, 2.45) is 0 Å². The molecule has 1 fully saturated rings. The highest BCUT2D eigenvalue weighted by Gasteiger charge is 2.28. The van der Waals surface area contributed by atoms with Crippen LogP contribution in [-0.2, 0) is 11.3 Å². The molecule has 3 N–H and O–H groups in total. The van der Waals surface area contributed by atoms with E-state index in [-0.39, 0.29) is 37.3 Å². The van der Waals surface area contributed by atoms with E-state index >= 15 is 0 Å². The van der Waals surface area contributed by atoms with Crippen LogP contribution in [0.15, 0.2) is 24.3 Å². The summed E-state index contributed by atoms with van der Waals surface area (Å²) < 4.78 is 0. The number of carbonyl (C=O) groups excluding carboxylic acids is 3. The quantitative estimate of drug-likeness (QED) is 0.498. The Labute approximate surface area is 141 Å². The minimum absolute atomic E-state index is 0. The molecule has 0 atom stereocenters. The predicted octanol–water partition coefficient (Wildman–Crippen LogP) is 0.499. The van der Waals surface area contributed by atoms with Crippen molar-refractivity contribution in [2.75, 3.05) is 26.2 Å². The van der Waals surface area contributed by atoms with Gasteiger partial charge in [0.15, 0.2) is 0 Å². The van der Waals surface area contributed by atoms with Crippen LogP contribution in [-0.4, -0.2) is 48.9 Å². The first-order valence-electron chi connectivity index (χ1n) is 7.28. The van der Waals surface area contributed by atoms with E-state index in [1.165, 1.54) is 0 Å². The molecule has 4 amide bonds. The van der Waals surface area contributed by atoms with Crippen molar-refractivity contribution in [2.45, 2.75) is 13.5 Å². The summed E-state index contributed by atoms with van der Waals surface area (Å²) >= 11 is 0. The van der Waals surface area contributed by atoms with E-state index in [0.717, 1.165) is 17.0 Å². The largest absolute Gasteiger partial charge is 0.351 e. The van der Waals surface area contributed by atoms with Crippen molar-refractivity contribution >= 4 is 30.3 Å². The predicted molar refractivity (Wildman–Crippen MR) is 88.5 cm³/mol. The molecule has 0 spiro atoms. The molecule has 8 heteroatoms. The lowest BCUT2D eigenvalue weighted by atomic mass is 10.1.